The van der Waals surface area contributed by atoms with Crippen LogP contribution >= 0.6 is 0 Å². The highest BCUT2D eigenvalue weighted by Gasteiger charge is 2.28. The number of phenols is 1. The van der Waals surface area contributed by atoms with Crippen LogP contribution in [0.1, 0.15) is 15.9 Å². The zero-order valence-corrected chi connectivity index (χ0v) is 11.5. The number of hydrogen-bond acceptors (Lipinski definition) is 3. The molecule has 1 heterocycles. The maximum atomic E-state index is 12.7. The minimum Gasteiger partial charge on any atom is -0.508 e. The van der Waals surface area contributed by atoms with Gasteiger partial charge in [-0.15, -0.1) is 0 Å². The summed E-state index contributed by atoms with van der Waals surface area (Å²) in [5.41, 5.74) is 2.16. The van der Waals surface area contributed by atoms with E-state index < -0.39 is 0 Å². The van der Waals surface area contributed by atoms with Crippen LogP contribution < -0.4 is 10.2 Å². The Hall–Kier alpha value is -2.82. The molecule has 1 aliphatic rings. The molecule has 21 heavy (non-hydrogen) atoms. The van der Waals surface area contributed by atoms with Gasteiger partial charge in [-0.25, -0.2) is 0 Å². The second-order valence-corrected chi connectivity index (χ2v) is 4.91. The van der Waals surface area contributed by atoms with Crippen molar-refractivity contribution in [3.05, 3.63) is 53.6 Å². The number of nitrogens with one attached hydrogen (secondary N) is 1. The standard InChI is InChI=1S/C16H14N2O3/c1-10-11(5-4-8-14(10)19)16(21)18-9-15(20)17-12-6-2-3-7-13(12)18/h2-8,19H,9H2,1H3,(H,17,20). The van der Waals surface area contributed by atoms with E-state index in [2.05, 4.69) is 5.32 Å². The van der Waals surface area contributed by atoms with Crippen molar-refractivity contribution in [2.75, 3.05) is 16.8 Å². The van der Waals surface area contributed by atoms with Gasteiger partial charge < -0.3 is 10.4 Å². The topological polar surface area (TPSA) is 69.6 Å². The van der Waals surface area contributed by atoms with Crippen molar-refractivity contribution in [1.82, 2.24) is 0 Å². The summed E-state index contributed by atoms with van der Waals surface area (Å²) in [6.45, 7) is 1.64. The summed E-state index contributed by atoms with van der Waals surface area (Å²) in [7, 11) is 0. The van der Waals surface area contributed by atoms with Crippen molar-refractivity contribution >= 4 is 23.2 Å². The number of carbonyl (C=O) groups excluding carboxylic acids is 2. The second-order valence-electron chi connectivity index (χ2n) is 4.91. The number of para-hydroxylation sites is 2. The van der Waals surface area contributed by atoms with Gasteiger partial charge in [-0.2, -0.15) is 0 Å². The van der Waals surface area contributed by atoms with E-state index in [9.17, 15) is 14.7 Å². The van der Waals surface area contributed by atoms with E-state index in [1.807, 2.05) is 6.07 Å². The van der Waals surface area contributed by atoms with Gasteiger partial charge >= 0.3 is 0 Å². The number of benzene rings is 2. The van der Waals surface area contributed by atoms with Gasteiger partial charge in [0.15, 0.2) is 0 Å². The number of anilines is 2. The monoisotopic (exact) mass is 282 g/mol. The fourth-order valence-electron chi connectivity index (χ4n) is 2.41. The third kappa shape index (κ3) is 2.23. The van der Waals surface area contributed by atoms with Gasteiger partial charge in [-0.05, 0) is 31.2 Å². The molecule has 5 heteroatoms. The minimum absolute atomic E-state index is 0.0368. The summed E-state index contributed by atoms with van der Waals surface area (Å²) in [5, 5.41) is 12.5. The summed E-state index contributed by atoms with van der Waals surface area (Å²) in [6.07, 6.45) is 0. The molecule has 2 aromatic rings. The summed E-state index contributed by atoms with van der Waals surface area (Å²) in [6, 6.07) is 11.9. The summed E-state index contributed by atoms with van der Waals surface area (Å²) >= 11 is 0. The second kappa shape index (κ2) is 4.94. The molecular weight excluding hydrogens is 268 g/mol. The van der Waals surface area contributed by atoms with E-state index >= 15 is 0 Å². The minimum atomic E-state index is -0.300. The Morgan fingerprint density at radius 3 is 2.76 bits per heavy atom. The Labute approximate surface area is 121 Å². The molecule has 1 aliphatic heterocycles. The summed E-state index contributed by atoms with van der Waals surface area (Å²) in [4.78, 5) is 25.9. The van der Waals surface area contributed by atoms with Gasteiger partial charge in [0.2, 0.25) is 5.91 Å². The molecule has 3 rings (SSSR count). The lowest BCUT2D eigenvalue weighted by Crippen LogP contribution is -2.42. The largest absolute Gasteiger partial charge is 0.508 e. The predicted octanol–water partition coefficient (Wildman–Crippen LogP) is 2.30. The fraction of sp³-hybridized carbons (Fsp3) is 0.125. The highest BCUT2D eigenvalue weighted by Crippen LogP contribution is 2.31. The number of amides is 2. The number of hydrogen-bond donors (Lipinski definition) is 2. The van der Waals surface area contributed by atoms with Gasteiger partial charge in [0.05, 0.1) is 11.4 Å². The van der Waals surface area contributed by atoms with Gasteiger partial charge in [0.25, 0.3) is 5.91 Å². The van der Waals surface area contributed by atoms with Gasteiger partial charge in [-0.1, -0.05) is 18.2 Å². The molecule has 2 aromatic carbocycles. The average molecular weight is 282 g/mol. The molecule has 106 valence electrons. The van der Waals surface area contributed by atoms with Crippen LogP contribution in [0, 0.1) is 6.92 Å². The highest BCUT2D eigenvalue weighted by molar-refractivity contribution is 6.15. The van der Waals surface area contributed by atoms with E-state index in [-0.39, 0.29) is 24.1 Å². The third-order valence-corrected chi connectivity index (χ3v) is 3.55. The first-order chi connectivity index (χ1) is 10.1. The van der Waals surface area contributed by atoms with Crippen molar-refractivity contribution in [3.63, 3.8) is 0 Å². The Balaban J connectivity index is 2.06. The van der Waals surface area contributed by atoms with E-state index in [0.29, 0.717) is 22.5 Å². The Kier molecular flexibility index (Phi) is 3.10. The van der Waals surface area contributed by atoms with Gasteiger partial charge in [0.1, 0.15) is 12.3 Å². The molecule has 0 aromatic heterocycles. The number of phenolic OH excluding ortho intramolecular Hbond substituents is 1. The number of aromatic hydroxyl groups is 1. The summed E-state index contributed by atoms with van der Waals surface area (Å²) in [5.74, 6) is -0.471. The fourth-order valence-corrected chi connectivity index (χ4v) is 2.41. The molecule has 2 N–H and O–H groups in total. The normalized spacial score (nSPS) is 13.6. The van der Waals surface area contributed by atoms with Crippen LogP contribution in [0.25, 0.3) is 0 Å². The van der Waals surface area contributed by atoms with Crippen molar-refractivity contribution < 1.29 is 14.7 Å². The zero-order chi connectivity index (χ0) is 15.0. The SMILES string of the molecule is Cc1c(O)cccc1C(=O)N1CC(=O)Nc2ccccc21. The van der Waals surface area contributed by atoms with E-state index in [1.165, 1.54) is 11.0 Å². The highest BCUT2D eigenvalue weighted by atomic mass is 16.3. The molecule has 2 amide bonds. The van der Waals surface area contributed by atoms with Crippen LogP contribution in [0.4, 0.5) is 11.4 Å². The third-order valence-electron chi connectivity index (χ3n) is 3.55. The lowest BCUT2D eigenvalue weighted by Gasteiger charge is -2.29. The smallest absolute Gasteiger partial charge is 0.259 e. The van der Waals surface area contributed by atoms with E-state index in [4.69, 9.17) is 0 Å². The Morgan fingerprint density at radius 2 is 1.95 bits per heavy atom. The van der Waals surface area contributed by atoms with Crippen LogP contribution in [0.5, 0.6) is 5.75 Å². The van der Waals surface area contributed by atoms with Crippen LogP contribution in [-0.4, -0.2) is 23.5 Å². The van der Waals surface area contributed by atoms with Crippen molar-refractivity contribution in [3.8, 4) is 5.75 Å². The molecule has 0 saturated carbocycles. The van der Waals surface area contributed by atoms with Gasteiger partial charge in [0, 0.05) is 11.1 Å². The number of fused-ring (bicyclic) bond motifs is 1. The lowest BCUT2D eigenvalue weighted by molar-refractivity contribution is -0.115. The van der Waals surface area contributed by atoms with E-state index in [0.717, 1.165) is 0 Å². The van der Waals surface area contributed by atoms with Crippen LogP contribution in [0.15, 0.2) is 42.5 Å². The lowest BCUT2D eigenvalue weighted by atomic mass is 10.1. The number of nitrogens with zero attached hydrogens (tertiary/aromatic N) is 1. The molecule has 0 saturated heterocycles. The molecule has 5 nitrogen and oxygen atoms in total. The Morgan fingerprint density at radius 1 is 1.19 bits per heavy atom. The van der Waals surface area contributed by atoms with Gasteiger partial charge in [-0.3, -0.25) is 14.5 Å². The molecule has 0 fully saturated rings. The first kappa shape index (κ1) is 13.2. The maximum Gasteiger partial charge on any atom is 0.259 e. The van der Waals surface area contributed by atoms with Crippen molar-refractivity contribution in [2.24, 2.45) is 0 Å². The molecule has 0 atom stereocenters. The van der Waals surface area contributed by atoms with Crippen molar-refractivity contribution in [1.29, 1.82) is 0 Å². The van der Waals surface area contributed by atoms with Crippen molar-refractivity contribution in [2.45, 2.75) is 6.92 Å². The average Bonchev–Trinajstić information content (AvgIpc) is 2.48. The quantitative estimate of drug-likeness (QED) is 0.843. The molecular formula is C16H14N2O3. The first-order valence-electron chi connectivity index (χ1n) is 6.57. The molecule has 0 aliphatic carbocycles. The predicted molar refractivity (Wildman–Crippen MR) is 79.6 cm³/mol. The van der Waals surface area contributed by atoms with E-state index in [1.54, 1.807) is 37.3 Å². The zero-order valence-electron chi connectivity index (χ0n) is 11.5. The van der Waals surface area contributed by atoms with Crippen LogP contribution in [0.3, 0.4) is 0 Å². The van der Waals surface area contributed by atoms with Crippen LogP contribution in [0.2, 0.25) is 0 Å². The molecule has 0 radical (unpaired) electrons. The Bertz CT molecular complexity index is 740. The summed E-state index contributed by atoms with van der Waals surface area (Å²) < 4.78 is 0. The molecule has 0 spiro atoms. The first-order valence-corrected chi connectivity index (χ1v) is 6.57. The number of rotatable bonds is 1. The number of carbonyl (C=O) groups is 2. The molecule has 0 unspecified atom stereocenters. The maximum absolute atomic E-state index is 12.7. The van der Waals surface area contributed by atoms with Crippen LogP contribution in [-0.2, 0) is 4.79 Å². The molecule has 0 bridgehead atoms.